The molecule has 0 N–H and O–H groups in total. The maximum absolute atomic E-state index is 6.22. The molecule has 0 saturated carbocycles. The van der Waals surface area contributed by atoms with Gasteiger partial charge in [-0.2, -0.15) is 0 Å². The van der Waals surface area contributed by atoms with Gasteiger partial charge in [0.1, 0.15) is 0 Å². The Morgan fingerprint density at radius 1 is 1.14 bits per heavy atom. The standard InChI is InChI=1S/C20H36O/c1-9-20(7,8)21-17-12-10-16(11-13-17)18(14-15(2)3)19(4,5)6/h10,12,14,16-18H,9,11,13H2,1-8H3/t16?,17-,18?/m1/s1. The van der Waals surface area contributed by atoms with Gasteiger partial charge >= 0.3 is 0 Å². The lowest BCUT2D eigenvalue weighted by Crippen LogP contribution is -2.33. The van der Waals surface area contributed by atoms with Crippen LogP contribution in [0.25, 0.3) is 0 Å². The van der Waals surface area contributed by atoms with Crippen LogP contribution in [0.5, 0.6) is 0 Å². The van der Waals surface area contributed by atoms with Gasteiger partial charge in [-0.3, -0.25) is 0 Å². The molecule has 2 unspecified atom stereocenters. The van der Waals surface area contributed by atoms with Crippen molar-refractivity contribution in [2.24, 2.45) is 17.3 Å². The monoisotopic (exact) mass is 292 g/mol. The first-order chi connectivity index (χ1) is 9.55. The summed E-state index contributed by atoms with van der Waals surface area (Å²) in [4.78, 5) is 0. The quantitative estimate of drug-likeness (QED) is 0.552. The minimum atomic E-state index is -0.00875. The van der Waals surface area contributed by atoms with E-state index in [9.17, 15) is 0 Å². The fourth-order valence-corrected chi connectivity index (χ4v) is 3.08. The summed E-state index contributed by atoms with van der Waals surface area (Å²) in [5, 5.41) is 0. The van der Waals surface area contributed by atoms with Crippen LogP contribution in [0.3, 0.4) is 0 Å². The summed E-state index contributed by atoms with van der Waals surface area (Å²) in [6.45, 7) is 18.1. The average molecular weight is 293 g/mol. The zero-order valence-electron chi connectivity index (χ0n) is 15.5. The van der Waals surface area contributed by atoms with Gasteiger partial charge in [-0.15, -0.1) is 0 Å². The maximum atomic E-state index is 6.22. The first-order valence-electron chi connectivity index (χ1n) is 8.56. The predicted octanol–water partition coefficient (Wildman–Crippen LogP) is 6.15. The van der Waals surface area contributed by atoms with E-state index in [1.165, 1.54) is 12.0 Å². The van der Waals surface area contributed by atoms with Gasteiger partial charge in [-0.1, -0.05) is 51.5 Å². The lowest BCUT2D eigenvalue weighted by atomic mass is 9.69. The molecule has 1 nitrogen and oxygen atoms in total. The molecule has 0 aromatic carbocycles. The third-order valence-corrected chi connectivity index (χ3v) is 4.65. The molecule has 0 spiro atoms. The normalized spacial score (nSPS) is 24.8. The van der Waals surface area contributed by atoms with Crippen LogP contribution < -0.4 is 0 Å². The average Bonchev–Trinajstić information content (AvgIpc) is 2.35. The summed E-state index contributed by atoms with van der Waals surface area (Å²) >= 11 is 0. The van der Waals surface area contributed by atoms with E-state index in [0.717, 1.165) is 12.8 Å². The highest BCUT2D eigenvalue weighted by Gasteiger charge is 2.32. The van der Waals surface area contributed by atoms with Crippen molar-refractivity contribution in [2.75, 3.05) is 0 Å². The molecule has 0 amide bonds. The molecular weight excluding hydrogens is 256 g/mol. The number of allylic oxidation sites excluding steroid dienone is 3. The largest absolute Gasteiger partial charge is 0.368 e. The SMILES string of the molecule is CCC(C)(C)O[C@@H]1C=CC(C(C=C(C)C)C(C)(C)C)CC1. The molecule has 0 fully saturated rings. The highest BCUT2D eigenvalue weighted by molar-refractivity contribution is 5.10. The van der Waals surface area contributed by atoms with Crippen molar-refractivity contribution in [1.29, 1.82) is 0 Å². The summed E-state index contributed by atoms with van der Waals surface area (Å²) in [6.07, 6.45) is 10.9. The van der Waals surface area contributed by atoms with Gasteiger partial charge in [0, 0.05) is 0 Å². The maximum Gasteiger partial charge on any atom is 0.0763 e. The minimum absolute atomic E-state index is 0.00875. The number of ether oxygens (including phenoxy) is 1. The number of hydrogen-bond acceptors (Lipinski definition) is 1. The summed E-state index contributed by atoms with van der Waals surface area (Å²) in [6, 6.07) is 0. The molecule has 0 aromatic rings. The van der Waals surface area contributed by atoms with Crippen molar-refractivity contribution in [3.8, 4) is 0 Å². The Morgan fingerprint density at radius 3 is 2.14 bits per heavy atom. The molecular formula is C20H36O. The zero-order valence-corrected chi connectivity index (χ0v) is 15.5. The molecule has 0 bridgehead atoms. The Labute approximate surface area is 132 Å². The Bertz CT molecular complexity index is 377. The van der Waals surface area contributed by atoms with Crippen LogP contribution in [0, 0.1) is 17.3 Å². The Balaban J connectivity index is 2.78. The van der Waals surface area contributed by atoms with Gasteiger partial charge in [0.25, 0.3) is 0 Å². The van der Waals surface area contributed by atoms with Crippen molar-refractivity contribution < 1.29 is 4.74 Å². The van der Waals surface area contributed by atoms with Crippen molar-refractivity contribution in [3.63, 3.8) is 0 Å². The molecule has 3 atom stereocenters. The Morgan fingerprint density at radius 2 is 1.76 bits per heavy atom. The number of rotatable bonds is 5. The summed E-state index contributed by atoms with van der Waals surface area (Å²) in [5.41, 5.74) is 1.72. The van der Waals surface area contributed by atoms with E-state index in [4.69, 9.17) is 4.74 Å². The lowest BCUT2D eigenvalue weighted by molar-refractivity contribution is -0.0605. The van der Waals surface area contributed by atoms with Gasteiger partial charge in [0.15, 0.2) is 0 Å². The third-order valence-electron chi connectivity index (χ3n) is 4.65. The van der Waals surface area contributed by atoms with Crippen LogP contribution in [0.2, 0.25) is 0 Å². The van der Waals surface area contributed by atoms with E-state index < -0.39 is 0 Å². The van der Waals surface area contributed by atoms with Crippen LogP contribution in [0.1, 0.15) is 74.7 Å². The third kappa shape index (κ3) is 5.98. The summed E-state index contributed by atoms with van der Waals surface area (Å²) in [5.74, 6) is 1.25. The molecule has 1 heteroatoms. The Hall–Kier alpha value is -0.560. The van der Waals surface area contributed by atoms with Crippen molar-refractivity contribution in [2.45, 2.75) is 86.4 Å². The zero-order chi connectivity index (χ0) is 16.3. The molecule has 0 aromatic heterocycles. The fraction of sp³-hybridized carbons (Fsp3) is 0.800. The van der Waals surface area contributed by atoms with Crippen LogP contribution in [-0.4, -0.2) is 11.7 Å². The second kappa shape index (κ2) is 7.13. The molecule has 1 aliphatic rings. The van der Waals surface area contributed by atoms with E-state index in [2.05, 4.69) is 73.6 Å². The van der Waals surface area contributed by atoms with E-state index in [-0.39, 0.29) is 5.60 Å². The van der Waals surface area contributed by atoms with Crippen molar-refractivity contribution in [1.82, 2.24) is 0 Å². The minimum Gasteiger partial charge on any atom is -0.368 e. The first kappa shape index (κ1) is 18.5. The molecule has 1 rings (SSSR count). The predicted molar refractivity (Wildman–Crippen MR) is 93.5 cm³/mol. The van der Waals surface area contributed by atoms with Gasteiger partial charge in [-0.25, -0.2) is 0 Å². The highest BCUT2D eigenvalue weighted by Crippen LogP contribution is 2.39. The second-order valence-electron chi connectivity index (χ2n) is 8.53. The molecule has 21 heavy (non-hydrogen) atoms. The first-order valence-corrected chi connectivity index (χ1v) is 8.56. The van der Waals surface area contributed by atoms with Crippen LogP contribution in [-0.2, 0) is 4.74 Å². The fourth-order valence-electron chi connectivity index (χ4n) is 3.08. The molecule has 122 valence electrons. The van der Waals surface area contributed by atoms with Crippen molar-refractivity contribution in [3.05, 3.63) is 23.8 Å². The van der Waals surface area contributed by atoms with Crippen molar-refractivity contribution >= 4 is 0 Å². The Kier molecular flexibility index (Phi) is 6.28. The van der Waals surface area contributed by atoms with E-state index >= 15 is 0 Å². The number of hydrogen-bond donors (Lipinski definition) is 0. The van der Waals surface area contributed by atoms with E-state index in [0.29, 0.717) is 23.4 Å². The van der Waals surface area contributed by atoms with Gasteiger partial charge < -0.3 is 4.74 Å². The van der Waals surface area contributed by atoms with Crippen LogP contribution in [0.15, 0.2) is 23.8 Å². The summed E-state index contributed by atoms with van der Waals surface area (Å²) in [7, 11) is 0. The molecule has 0 heterocycles. The molecule has 0 saturated heterocycles. The van der Waals surface area contributed by atoms with E-state index in [1.807, 2.05) is 0 Å². The van der Waals surface area contributed by atoms with Crippen LogP contribution >= 0.6 is 0 Å². The molecule has 0 radical (unpaired) electrons. The molecule has 1 aliphatic carbocycles. The molecule has 0 aliphatic heterocycles. The van der Waals surface area contributed by atoms with E-state index in [1.54, 1.807) is 0 Å². The lowest BCUT2D eigenvalue weighted by Gasteiger charge is -2.38. The summed E-state index contributed by atoms with van der Waals surface area (Å²) < 4.78 is 6.22. The van der Waals surface area contributed by atoms with Crippen LogP contribution in [0.4, 0.5) is 0 Å². The smallest absolute Gasteiger partial charge is 0.0763 e. The van der Waals surface area contributed by atoms with Gasteiger partial charge in [0.05, 0.1) is 11.7 Å². The topological polar surface area (TPSA) is 9.23 Å². The highest BCUT2D eigenvalue weighted by atomic mass is 16.5. The van der Waals surface area contributed by atoms with Gasteiger partial charge in [0.2, 0.25) is 0 Å². The second-order valence-corrected chi connectivity index (χ2v) is 8.53. The van der Waals surface area contributed by atoms with Gasteiger partial charge in [-0.05, 0) is 64.2 Å².